The number of aromatic nitrogens is 1. The van der Waals surface area contributed by atoms with Gasteiger partial charge in [0.1, 0.15) is 5.84 Å². The molecule has 0 spiro atoms. The first-order valence-corrected chi connectivity index (χ1v) is 6.18. The molecule has 1 heterocycles. The second-order valence-electron chi connectivity index (χ2n) is 3.55. The van der Waals surface area contributed by atoms with Gasteiger partial charge in [-0.15, -0.1) is 11.3 Å². The first kappa shape index (κ1) is 12.9. The minimum absolute atomic E-state index is 0.289. The van der Waals surface area contributed by atoms with Crippen LogP contribution in [0, 0.1) is 6.92 Å². The molecular weight excluding hydrogens is 224 g/mol. The molecule has 0 saturated carbocycles. The highest BCUT2D eigenvalue weighted by molar-refractivity contribution is 7.09. The van der Waals surface area contributed by atoms with Gasteiger partial charge in [0.05, 0.1) is 10.7 Å². The molecule has 0 aromatic carbocycles. The van der Waals surface area contributed by atoms with Crippen LogP contribution in [0.3, 0.4) is 0 Å². The van der Waals surface area contributed by atoms with Crippen molar-refractivity contribution in [2.45, 2.75) is 26.2 Å². The van der Waals surface area contributed by atoms with Gasteiger partial charge in [-0.1, -0.05) is 5.16 Å². The maximum atomic E-state index is 8.32. The normalized spacial score (nSPS) is 11.9. The number of hydrogen-bond donors (Lipinski definition) is 3. The first-order chi connectivity index (χ1) is 7.72. The molecule has 1 aromatic rings. The monoisotopic (exact) mass is 242 g/mol. The van der Waals surface area contributed by atoms with Gasteiger partial charge >= 0.3 is 0 Å². The average Bonchev–Trinajstić information content (AvgIpc) is 2.69. The Hall–Kier alpha value is -1.14. The summed E-state index contributed by atoms with van der Waals surface area (Å²) in [7, 11) is 0. The SMILES string of the molecule is Cc1nc(CCNCCCC(N)=NO)cs1. The molecule has 16 heavy (non-hydrogen) atoms. The molecule has 4 N–H and O–H groups in total. The van der Waals surface area contributed by atoms with E-state index in [9.17, 15) is 0 Å². The van der Waals surface area contributed by atoms with Gasteiger partial charge in [0, 0.05) is 24.8 Å². The van der Waals surface area contributed by atoms with E-state index in [0.717, 1.165) is 36.6 Å². The molecule has 0 bridgehead atoms. The number of hydrogen-bond acceptors (Lipinski definition) is 5. The molecule has 0 radical (unpaired) electrons. The molecule has 0 aliphatic rings. The number of amidine groups is 1. The molecule has 0 amide bonds. The predicted molar refractivity (Wildman–Crippen MR) is 66.1 cm³/mol. The molecule has 1 aromatic heterocycles. The number of oxime groups is 1. The van der Waals surface area contributed by atoms with Crippen molar-refractivity contribution < 1.29 is 5.21 Å². The second kappa shape index (κ2) is 7.19. The number of nitrogens with two attached hydrogens (primary N) is 1. The fourth-order valence-electron chi connectivity index (χ4n) is 1.31. The van der Waals surface area contributed by atoms with Crippen molar-refractivity contribution in [2.75, 3.05) is 13.1 Å². The van der Waals surface area contributed by atoms with Crippen molar-refractivity contribution in [1.82, 2.24) is 10.3 Å². The molecule has 0 atom stereocenters. The van der Waals surface area contributed by atoms with E-state index < -0.39 is 0 Å². The van der Waals surface area contributed by atoms with Gasteiger partial charge in [0.15, 0.2) is 0 Å². The highest BCUT2D eigenvalue weighted by atomic mass is 32.1. The van der Waals surface area contributed by atoms with Crippen LogP contribution in [-0.2, 0) is 6.42 Å². The van der Waals surface area contributed by atoms with Gasteiger partial charge < -0.3 is 16.3 Å². The molecule has 0 aliphatic carbocycles. The molecule has 6 heteroatoms. The van der Waals surface area contributed by atoms with E-state index in [2.05, 4.69) is 20.8 Å². The van der Waals surface area contributed by atoms with Crippen molar-refractivity contribution in [2.24, 2.45) is 10.9 Å². The zero-order chi connectivity index (χ0) is 11.8. The van der Waals surface area contributed by atoms with Gasteiger partial charge in [0.25, 0.3) is 0 Å². The zero-order valence-electron chi connectivity index (χ0n) is 9.44. The third-order valence-corrected chi connectivity index (χ3v) is 2.96. The Bertz CT molecular complexity index is 337. The fraction of sp³-hybridized carbons (Fsp3) is 0.600. The molecule has 5 nitrogen and oxygen atoms in total. The number of nitrogens with one attached hydrogen (secondary N) is 1. The Kier molecular flexibility index (Phi) is 5.81. The topological polar surface area (TPSA) is 83.5 Å². The Morgan fingerprint density at radius 3 is 3.06 bits per heavy atom. The minimum atomic E-state index is 0.289. The summed E-state index contributed by atoms with van der Waals surface area (Å²) in [5.74, 6) is 0.289. The molecule has 90 valence electrons. The highest BCUT2D eigenvalue weighted by Crippen LogP contribution is 2.07. The fourth-order valence-corrected chi connectivity index (χ4v) is 1.96. The lowest BCUT2D eigenvalue weighted by Gasteiger charge is -2.02. The highest BCUT2D eigenvalue weighted by Gasteiger charge is 1.98. The molecule has 0 fully saturated rings. The summed E-state index contributed by atoms with van der Waals surface area (Å²) in [6.07, 6.45) is 2.46. The Morgan fingerprint density at radius 2 is 2.44 bits per heavy atom. The van der Waals surface area contributed by atoms with Crippen LogP contribution in [0.5, 0.6) is 0 Å². The van der Waals surface area contributed by atoms with Crippen LogP contribution in [0.15, 0.2) is 10.5 Å². The average molecular weight is 242 g/mol. The summed E-state index contributed by atoms with van der Waals surface area (Å²) >= 11 is 1.68. The zero-order valence-corrected chi connectivity index (χ0v) is 10.3. The summed E-state index contributed by atoms with van der Waals surface area (Å²) in [6, 6.07) is 0. The van der Waals surface area contributed by atoms with Gasteiger partial charge in [-0.05, 0) is 19.9 Å². The lowest BCUT2D eigenvalue weighted by Crippen LogP contribution is -2.21. The van der Waals surface area contributed by atoms with E-state index in [1.807, 2.05) is 6.92 Å². The molecule has 0 unspecified atom stereocenters. The van der Waals surface area contributed by atoms with Crippen LogP contribution in [0.1, 0.15) is 23.5 Å². The third-order valence-electron chi connectivity index (χ3n) is 2.14. The first-order valence-electron chi connectivity index (χ1n) is 5.30. The summed E-state index contributed by atoms with van der Waals surface area (Å²) in [5, 5.41) is 17.7. The number of nitrogens with zero attached hydrogens (tertiary/aromatic N) is 2. The largest absolute Gasteiger partial charge is 0.409 e. The lowest BCUT2D eigenvalue weighted by atomic mass is 10.3. The lowest BCUT2D eigenvalue weighted by molar-refractivity contribution is 0.316. The number of rotatable bonds is 7. The summed E-state index contributed by atoms with van der Waals surface area (Å²) in [6.45, 7) is 3.80. The van der Waals surface area contributed by atoms with E-state index in [-0.39, 0.29) is 5.84 Å². The maximum Gasteiger partial charge on any atom is 0.139 e. The van der Waals surface area contributed by atoms with E-state index in [4.69, 9.17) is 10.9 Å². The quantitative estimate of drug-likeness (QED) is 0.220. The van der Waals surface area contributed by atoms with Crippen molar-refractivity contribution in [3.8, 4) is 0 Å². The van der Waals surface area contributed by atoms with Gasteiger partial charge in [0.2, 0.25) is 0 Å². The van der Waals surface area contributed by atoms with E-state index in [0.29, 0.717) is 6.42 Å². The van der Waals surface area contributed by atoms with E-state index >= 15 is 0 Å². The van der Waals surface area contributed by atoms with Crippen LogP contribution >= 0.6 is 11.3 Å². The Balaban J connectivity index is 2.00. The van der Waals surface area contributed by atoms with Crippen molar-refractivity contribution in [3.05, 3.63) is 16.1 Å². The standard InChI is InChI=1S/C10H18N4OS/c1-8-13-9(7-16-8)4-6-12-5-2-3-10(11)14-15/h7,12,15H,2-6H2,1H3,(H2,11,14). The van der Waals surface area contributed by atoms with Crippen molar-refractivity contribution >= 4 is 17.2 Å². The van der Waals surface area contributed by atoms with Crippen LogP contribution in [0.4, 0.5) is 0 Å². The summed E-state index contributed by atoms with van der Waals surface area (Å²) in [4.78, 5) is 4.38. The predicted octanol–water partition coefficient (Wildman–Crippen LogP) is 1.11. The van der Waals surface area contributed by atoms with Gasteiger partial charge in [-0.25, -0.2) is 4.98 Å². The summed E-state index contributed by atoms with van der Waals surface area (Å²) in [5.41, 5.74) is 6.49. The van der Waals surface area contributed by atoms with Crippen molar-refractivity contribution in [1.29, 1.82) is 0 Å². The minimum Gasteiger partial charge on any atom is -0.409 e. The number of aryl methyl sites for hydroxylation is 1. The van der Waals surface area contributed by atoms with Gasteiger partial charge in [-0.3, -0.25) is 0 Å². The van der Waals surface area contributed by atoms with E-state index in [1.165, 1.54) is 0 Å². The maximum absolute atomic E-state index is 8.32. The van der Waals surface area contributed by atoms with Crippen LogP contribution < -0.4 is 11.1 Å². The van der Waals surface area contributed by atoms with Crippen LogP contribution in [0.25, 0.3) is 0 Å². The molecule has 0 aliphatic heterocycles. The molecule has 1 rings (SSSR count). The Morgan fingerprint density at radius 1 is 1.62 bits per heavy atom. The molecule has 0 saturated heterocycles. The second-order valence-corrected chi connectivity index (χ2v) is 4.61. The number of thiazole rings is 1. The van der Waals surface area contributed by atoms with E-state index in [1.54, 1.807) is 11.3 Å². The smallest absolute Gasteiger partial charge is 0.139 e. The Labute approximate surface area is 99.4 Å². The third kappa shape index (κ3) is 5.09. The van der Waals surface area contributed by atoms with Crippen LogP contribution in [-0.4, -0.2) is 29.1 Å². The molecular formula is C10H18N4OS. The summed E-state index contributed by atoms with van der Waals surface area (Å²) < 4.78 is 0. The van der Waals surface area contributed by atoms with Crippen LogP contribution in [0.2, 0.25) is 0 Å². The van der Waals surface area contributed by atoms with Gasteiger partial charge in [-0.2, -0.15) is 0 Å². The van der Waals surface area contributed by atoms with Crippen molar-refractivity contribution in [3.63, 3.8) is 0 Å².